The summed E-state index contributed by atoms with van der Waals surface area (Å²) in [5.41, 5.74) is 4.61. The summed E-state index contributed by atoms with van der Waals surface area (Å²) in [7, 11) is 3.28. The molecule has 4 nitrogen and oxygen atoms in total. The molecule has 0 aliphatic heterocycles. The van der Waals surface area contributed by atoms with Crippen molar-refractivity contribution in [1.29, 1.82) is 0 Å². The first kappa shape index (κ1) is 10.8. The summed E-state index contributed by atoms with van der Waals surface area (Å²) in [6.45, 7) is 2.53. The predicted molar refractivity (Wildman–Crippen MR) is 55.3 cm³/mol. The van der Waals surface area contributed by atoms with Gasteiger partial charge in [-0.3, -0.25) is 11.3 Å². The normalized spacial score (nSPS) is 10.0. The maximum absolute atomic E-state index is 5.30. The van der Waals surface area contributed by atoms with Crippen molar-refractivity contribution >= 4 is 0 Å². The van der Waals surface area contributed by atoms with Crippen LogP contribution in [0.1, 0.15) is 11.1 Å². The molecule has 0 saturated carbocycles. The molecular weight excluding hydrogens is 180 g/mol. The van der Waals surface area contributed by atoms with Gasteiger partial charge in [0.05, 0.1) is 14.2 Å². The number of nitrogens with two attached hydrogens (primary N) is 1. The van der Waals surface area contributed by atoms with Gasteiger partial charge in [-0.2, -0.15) is 0 Å². The Kier molecular flexibility index (Phi) is 3.73. The second-order valence-corrected chi connectivity index (χ2v) is 2.97. The molecule has 0 aromatic heterocycles. The highest BCUT2D eigenvalue weighted by molar-refractivity contribution is 5.49. The number of hydrogen-bond acceptors (Lipinski definition) is 4. The van der Waals surface area contributed by atoms with Crippen LogP contribution < -0.4 is 20.7 Å². The molecule has 0 aliphatic carbocycles. The van der Waals surface area contributed by atoms with Gasteiger partial charge in [0.2, 0.25) is 0 Å². The van der Waals surface area contributed by atoms with E-state index in [-0.39, 0.29) is 0 Å². The third kappa shape index (κ3) is 1.97. The number of benzene rings is 1. The quantitative estimate of drug-likeness (QED) is 0.556. The van der Waals surface area contributed by atoms with Crippen LogP contribution in [0.5, 0.6) is 11.5 Å². The lowest BCUT2D eigenvalue weighted by molar-refractivity contribution is 0.384. The zero-order chi connectivity index (χ0) is 10.6. The maximum atomic E-state index is 5.30. The Morgan fingerprint density at radius 1 is 1.29 bits per heavy atom. The SMILES string of the molecule is COc1ccc(CNN)c(OC)c1C. The summed E-state index contributed by atoms with van der Waals surface area (Å²) in [6, 6.07) is 3.84. The zero-order valence-corrected chi connectivity index (χ0v) is 8.76. The third-order valence-corrected chi connectivity index (χ3v) is 2.15. The van der Waals surface area contributed by atoms with Crippen molar-refractivity contribution in [2.75, 3.05) is 14.2 Å². The van der Waals surface area contributed by atoms with Crippen LogP contribution in [-0.4, -0.2) is 14.2 Å². The summed E-state index contributed by atoms with van der Waals surface area (Å²) in [5.74, 6) is 6.91. The second-order valence-electron chi connectivity index (χ2n) is 2.97. The number of ether oxygens (including phenoxy) is 2. The minimum absolute atomic E-state index is 0.577. The molecule has 0 saturated heterocycles. The molecule has 1 rings (SSSR count). The molecule has 0 radical (unpaired) electrons. The van der Waals surface area contributed by atoms with E-state index in [1.54, 1.807) is 14.2 Å². The lowest BCUT2D eigenvalue weighted by Crippen LogP contribution is -2.21. The van der Waals surface area contributed by atoms with Gasteiger partial charge in [-0.25, -0.2) is 0 Å². The summed E-state index contributed by atoms with van der Waals surface area (Å²) in [6.07, 6.45) is 0. The van der Waals surface area contributed by atoms with Gasteiger partial charge in [0.1, 0.15) is 11.5 Å². The minimum atomic E-state index is 0.577. The Labute approximate surface area is 84.0 Å². The van der Waals surface area contributed by atoms with Crippen molar-refractivity contribution in [3.8, 4) is 11.5 Å². The Balaban J connectivity index is 3.14. The van der Waals surface area contributed by atoms with Gasteiger partial charge in [0.25, 0.3) is 0 Å². The number of methoxy groups -OCH3 is 2. The van der Waals surface area contributed by atoms with E-state index < -0.39 is 0 Å². The molecule has 3 N–H and O–H groups in total. The van der Waals surface area contributed by atoms with Gasteiger partial charge in [-0.15, -0.1) is 0 Å². The zero-order valence-electron chi connectivity index (χ0n) is 8.76. The molecule has 0 unspecified atom stereocenters. The highest BCUT2D eigenvalue weighted by atomic mass is 16.5. The van der Waals surface area contributed by atoms with Crippen LogP contribution in [0.25, 0.3) is 0 Å². The van der Waals surface area contributed by atoms with Crippen LogP contribution in [0.2, 0.25) is 0 Å². The molecule has 0 bridgehead atoms. The second kappa shape index (κ2) is 4.83. The van der Waals surface area contributed by atoms with Crippen molar-refractivity contribution in [2.24, 2.45) is 5.84 Å². The van der Waals surface area contributed by atoms with E-state index in [1.807, 2.05) is 19.1 Å². The van der Waals surface area contributed by atoms with Gasteiger partial charge in [-0.05, 0) is 13.0 Å². The van der Waals surface area contributed by atoms with Gasteiger partial charge in [-0.1, -0.05) is 6.07 Å². The van der Waals surface area contributed by atoms with Crippen LogP contribution >= 0.6 is 0 Å². The number of hydrogen-bond donors (Lipinski definition) is 2. The van der Waals surface area contributed by atoms with Crippen LogP contribution in [-0.2, 0) is 6.54 Å². The van der Waals surface area contributed by atoms with E-state index >= 15 is 0 Å². The standard InChI is InChI=1S/C10H16N2O2/c1-7-9(13-2)5-4-8(6-12-11)10(7)14-3/h4-5,12H,6,11H2,1-3H3. The van der Waals surface area contributed by atoms with E-state index in [1.165, 1.54) is 0 Å². The molecule has 0 spiro atoms. The van der Waals surface area contributed by atoms with E-state index in [2.05, 4.69) is 5.43 Å². The fraction of sp³-hybridized carbons (Fsp3) is 0.400. The molecule has 0 aliphatic rings. The van der Waals surface area contributed by atoms with E-state index in [9.17, 15) is 0 Å². The molecular formula is C10H16N2O2. The van der Waals surface area contributed by atoms with Gasteiger partial charge >= 0.3 is 0 Å². The molecule has 1 aromatic carbocycles. The van der Waals surface area contributed by atoms with Crippen molar-refractivity contribution in [1.82, 2.24) is 5.43 Å². The fourth-order valence-electron chi connectivity index (χ4n) is 1.48. The van der Waals surface area contributed by atoms with Crippen molar-refractivity contribution < 1.29 is 9.47 Å². The average Bonchev–Trinajstić information content (AvgIpc) is 2.19. The van der Waals surface area contributed by atoms with E-state index in [0.29, 0.717) is 6.54 Å². The predicted octanol–water partition coefficient (Wildman–Crippen LogP) is 0.976. The van der Waals surface area contributed by atoms with E-state index in [0.717, 1.165) is 22.6 Å². The fourth-order valence-corrected chi connectivity index (χ4v) is 1.48. The van der Waals surface area contributed by atoms with Gasteiger partial charge in [0, 0.05) is 17.7 Å². The van der Waals surface area contributed by atoms with Crippen molar-refractivity contribution in [3.63, 3.8) is 0 Å². The summed E-state index contributed by atoms with van der Waals surface area (Å²) in [4.78, 5) is 0. The molecule has 0 heterocycles. The van der Waals surface area contributed by atoms with Crippen LogP contribution in [0, 0.1) is 6.92 Å². The van der Waals surface area contributed by atoms with Crippen molar-refractivity contribution in [3.05, 3.63) is 23.3 Å². The van der Waals surface area contributed by atoms with Crippen LogP contribution in [0.4, 0.5) is 0 Å². The summed E-state index contributed by atoms with van der Waals surface area (Å²) >= 11 is 0. The van der Waals surface area contributed by atoms with Crippen molar-refractivity contribution in [2.45, 2.75) is 13.5 Å². The number of hydrazine groups is 1. The molecule has 4 heteroatoms. The summed E-state index contributed by atoms with van der Waals surface area (Å²) in [5, 5.41) is 0. The first-order chi connectivity index (χ1) is 6.74. The van der Waals surface area contributed by atoms with Gasteiger partial charge in [0.15, 0.2) is 0 Å². The lowest BCUT2D eigenvalue weighted by atomic mass is 10.1. The maximum Gasteiger partial charge on any atom is 0.130 e. The Morgan fingerprint density at radius 2 is 2.00 bits per heavy atom. The third-order valence-electron chi connectivity index (χ3n) is 2.15. The molecule has 0 fully saturated rings. The first-order valence-corrected chi connectivity index (χ1v) is 4.38. The molecule has 78 valence electrons. The molecule has 0 amide bonds. The van der Waals surface area contributed by atoms with E-state index in [4.69, 9.17) is 15.3 Å². The highest BCUT2D eigenvalue weighted by Gasteiger charge is 2.09. The van der Waals surface area contributed by atoms with Gasteiger partial charge < -0.3 is 9.47 Å². The molecule has 14 heavy (non-hydrogen) atoms. The largest absolute Gasteiger partial charge is 0.496 e. The Morgan fingerprint density at radius 3 is 2.50 bits per heavy atom. The minimum Gasteiger partial charge on any atom is -0.496 e. The molecule has 0 atom stereocenters. The van der Waals surface area contributed by atoms with Crippen LogP contribution in [0.3, 0.4) is 0 Å². The number of nitrogens with one attached hydrogen (secondary N) is 1. The topological polar surface area (TPSA) is 56.5 Å². The lowest BCUT2D eigenvalue weighted by Gasteiger charge is -2.13. The number of rotatable bonds is 4. The average molecular weight is 196 g/mol. The highest BCUT2D eigenvalue weighted by Crippen LogP contribution is 2.30. The Hall–Kier alpha value is -1.26. The summed E-state index contributed by atoms with van der Waals surface area (Å²) < 4.78 is 10.5. The monoisotopic (exact) mass is 196 g/mol. The van der Waals surface area contributed by atoms with Crippen LogP contribution in [0.15, 0.2) is 12.1 Å². The molecule has 1 aromatic rings. The Bertz CT molecular complexity index is 313. The smallest absolute Gasteiger partial charge is 0.130 e. The first-order valence-electron chi connectivity index (χ1n) is 4.38.